The molecule has 1 amide bonds. The highest BCUT2D eigenvalue weighted by molar-refractivity contribution is 8.00. The van der Waals surface area contributed by atoms with E-state index in [0.717, 1.165) is 11.3 Å². The predicted octanol–water partition coefficient (Wildman–Crippen LogP) is 2.59. The minimum absolute atomic E-state index is 0.0442. The number of rotatable bonds is 6. The molecule has 1 aromatic heterocycles. The summed E-state index contributed by atoms with van der Waals surface area (Å²) in [6, 6.07) is 9.66. The van der Waals surface area contributed by atoms with E-state index >= 15 is 0 Å². The van der Waals surface area contributed by atoms with Gasteiger partial charge in [0.2, 0.25) is 5.91 Å². The van der Waals surface area contributed by atoms with Gasteiger partial charge in [-0.2, -0.15) is 0 Å². The summed E-state index contributed by atoms with van der Waals surface area (Å²) in [5, 5.41) is 0.341. The van der Waals surface area contributed by atoms with E-state index < -0.39 is 9.84 Å². The van der Waals surface area contributed by atoms with Crippen molar-refractivity contribution in [3.63, 3.8) is 0 Å². The van der Waals surface area contributed by atoms with Gasteiger partial charge in [0.1, 0.15) is 0 Å². The van der Waals surface area contributed by atoms with Gasteiger partial charge in [-0.05, 0) is 25.8 Å². The van der Waals surface area contributed by atoms with E-state index in [0.29, 0.717) is 18.1 Å². The molecule has 0 aliphatic carbocycles. The fraction of sp³-hybridized carbons (Fsp3) is 0.444. The number of aromatic nitrogens is 2. The van der Waals surface area contributed by atoms with Crippen LogP contribution in [-0.4, -0.2) is 58.5 Å². The van der Waals surface area contributed by atoms with Gasteiger partial charge in [-0.1, -0.05) is 42.1 Å². The lowest BCUT2D eigenvalue weighted by atomic mass is 10.2. The summed E-state index contributed by atoms with van der Waals surface area (Å²) in [6.45, 7) is 4.24. The number of hydrogen-bond acceptors (Lipinski definition) is 5. The van der Waals surface area contributed by atoms with Crippen LogP contribution in [0.5, 0.6) is 0 Å². The van der Waals surface area contributed by atoms with Crippen molar-refractivity contribution in [3.05, 3.63) is 36.5 Å². The zero-order valence-electron chi connectivity index (χ0n) is 14.9. The van der Waals surface area contributed by atoms with Gasteiger partial charge in [0.05, 0.1) is 28.6 Å². The lowest BCUT2D eigenvalue weighted by Crippen LogP contribution is -2.44. The van der Waals surface area contributed by atoms with Gasteiger partial charge in [0, 0.05) is 12.6 Å². The van der Waals surface area contributed by atoms with Crippen molar-refractivity contribution in [1.29, 1.82) is 0 Å². The molecule has 2 atom stereocenters. The first-order chi connectivity index (χ1) is 12.4. The highest BCUT2D eigenvalue weighted by Crippen LogP contribution is 2.27. The maximum absolute atomic E-state index is 12.8. The molecule has 2 aromatic rings. The first-order valence-corrected chi connectivity index (χ1v) is 11.4. The van der Waals surface area contributed by atoms with Gasteiger partial charge in [0.15, 0.2) is 15.0 Å². The number of benzene rings is 1. The van der Waals surface area contributed by atoms with Crippen molar-refractivity contribution in [3.8, 4) is 11.3 Å². The monoisotopic (exact) mass is 393 g/mol. The number of nitrogens with one attached hydrogen (secondary N) is 1. The fourth-order valence-electron chi connectivity index (χ4n) is 3.19. The predicted molar refractivity (Wildman–Crippen MR) is 104 cm³/mol. The summed E-state index contributed by atoms with van der Waals surface area (Å²) in [5.41, 5.74) is 1.94. The second-order valence-electron chi connectivity index (χ2n) is 6.41. The second-order valence-corrected chi connectivity index (χ2v) is 9.97. The highest BCUT2D eigenvalue weighted by atomic mass is 32.2. The van der Waals surface area contributed by atoms with Crippen molar-refractivity contribution < 1.29 is 13.2 Å². The van der Waals surface area contributed by atoms with Crippen LogP contribution < -0.4 is 0 Å². The number of H-pyrrole nitrogens is 1. The number of imidazole rings is 1. The summed E-state index contributed by atoms with van der Waals surface area (Å²) in [6.07, 6.45) is 2.29. The Balaban J connectivity index is 1.66. The smallest absolute Gasteiger partial charge is 0.236 e. The molecule has 0 bridgehead atoms. The first-order valence-electron chi connectivity index (χ1n) is 8.67. The Bertz CT molecular complexity index is 865. The minimum Gasteiger partial charge on any atom is -0.338 e. The molecule has 1 fully saturated rings. The van der Waals surface area contributed by atoms with Crippen LogP contribution in [0, 0.1) is 0 Å². The third kappa shape index (κ3) is 4.29. The molecule has 1 N–H and O–H groups in total. The van der Waals surface area contributed by atoms with Crippen LogP contribution in [0.1, 0.15) is 20.3 Å². The molecule has 0 spiro atoms. The van der Waals surface area contributed by atoms with E-state index in [9.17, 15) is 13.2 Å². The van der Waals surface area contributed by atoms with E-state index in [2.05, 4.69) is 9.97 Å². The molecule has 1 saturated heterocycles. The van der Waals surface area contributed by atoms with Crippen molar-refractivity contribution in [2.75, 3.05) is 18.1 Å². The van der Waals surface area contributed by atoms with Gasteiger partial charge in [-0.25, -0.2) is 13.4 Å². The molecule has 1 aliphatic heterocycles. The quantitative estimate of drug-likeness (QED) is 0.763. The molecular formula is C18H23N3O3S2. The number of carbonyl (C=O) groups excluding carboxylic acids is 1. The average molecular weight is 394 g/mol. The lowest BCUT2D eigenvalue weighted by Gasteiger charge is -2.29. The van der Waals surface area contributed by atoms with E-state index in [1.807, 2.05) is 44.2 Å². The molecule has 1 aromatic carbocycles. The molecule has 2 unspecified atom stereocenters. The van der Waals surface area contributed by atoms with Crippen LogP contribution in [0.3, 0.4) is 0 Å². The molecule has 0 saturated carbocycles. The van der Waals surface area contributed by atoms with Crippen LogP contribution in [0.2, 0.25) is 0 Å². The molecule has 2 heterocycles. The summed E-state index contributed by atoms with van der Waals surface area (Å²) in [4.78, 5) is 22.1. The van der Waals surface area contributed by atoms with Crippen LogP contribution in [-0.2, 0) is 14.6 Å². The largest absolute Gasteiger partial charge is 0.338 e. The first kappa shape index (κ1) is 19.0. The van der Waals surface area contributed by atoms with Crippen molar-refractivity contribution in [2.24, 2.45) is 0 Å². The molecular weight excluding hydrogens is 370 g/mol. The normalized spacial score (nSPS) is 20.0. The van der Waals surface area contributed by atoms with Crippen LogP contribution in [0.4, 0.5) is 0 Å². The van der Waals surface area contributed by atoms with Crippen LogP contribution in [0.25, 0.3) is 11.3 Å². The summed E-state index contributed by atoms with van der Waals surface area (Å²) >= 11 is 1.36. The SMILES string of the molecule is CCN(C(=O)C(C)Sc1ncc(-c2ccccc2)[nH]1)C1CCS(=O)(=O)C1. The number of thioether (sulfide) groups is 1. The Hall–Kier alpha value is -1.80. The minimum atomic E-state index is -3.02. The molecule has 6 nitrogen and oxygen atoms in total. The fourth-order valence-corrected chi connectivity index (χ4v) is 5.78. The van der Waals surface area contributed by atoms with Gasteiger partial charge < -0.3 is 9.88 Å². The Morgan fingerprint density at radius 1 is 1.38 bits per heavy atom. The third-order valence-electron chi connectivity index (χ3n) is 4.55. The summed E-state index contributed by atoms with van der Waals surface area (Å²) in [5.74, 6) is 0.196. The Kier molecular flexibility index (Phi) is 5.72. The van der Waals surface area contributed by atoms with Gasteiger partial charge in [-0.15, -0.1) is 0 Å². The van der Waals surface area contributed by atoms with E-state index in [-0.39, 0.29) is 28.7 Å². The summed E-state index contributed by atoms with van der Waals surface area (Å²) < 4.78 is 23.4. The van der Waals surface area contributed by atoms with E-state index in [1.165, 1.54) is 11.8 Å². The van der Waals surface area contributed by atoms with E-state index in [4.69, 9.17) is 0 Å². The lowest BCUT2D eigenvalue weighted by molar-refractivity contribution is -0.131. The van der Waals surface area contributed by atoms with Crippen molar-refractivity contribution in [1.82, 2.24) is 14.9 Å². The Labute approximate surface area is 158 Å². The zero-order valence-corrected chi connectivity index (χ0v) is 16.5. The van der Waals surface area contributed by atoms with Gasteiger partial charge in [0.25, 0.3) is 0 Å². The number of carbonyl (C=O) groups is 1. The molecule has 8 heteroatoms. The maximum atomic E-state index is 12.8. The van der Waals surface area contributed by atoms with Crippen molar-refractivity contribution >= 4 is 27.5 Å². The van der Waals surface area contributed by atoms with Gasteiger partial charge >= 0.3 is 0 Å². The molecule has 1 aliphatic rings. The van der Waals surface area contributed by atoms with Gasteiger partial charge in [-0.3, -0.25) is 4.79 Å². The van der Waals surface area contributed by atoms with Crippen molar-refractivity contribution in [2.45, 2.75) is 36.7 Å². The number of sulfone groups is 1. The van der Waals surface area contributed by atoms with Crippen LogP contribution in [0.15, 0.2) is 41.7 Å². The van der Waals surface area contributed by atoms with E-state index in [1.54, 1.807) is 11.1 Å². The molecule has 140 valence electrons. The number of aromatic amines is 1. The second kappa shape index (κ2) is 7.84. The van der Waals surface area contributed by atoms with Crippen LogP contribution >= 0.6 is 11.8 Å². The number of nitrogens with zero attached hydrogens (tertiary/aromatic N) is 2. The Morgan fingerprint density at radius 2 is 2.12 bits per heavy atom. The number of hydrogen-bond donors (Lipinski definition) is 1. The highest BCUT2D eigenvalue weighted by Gasteiger charge is 2.35. The molecule has 3 rings (SSSR count). The molecule has 0 radical (unpaired) electrons. The topological polar surface area (TPSA) is 83.1 Å². The summed E-state index contributed by atoms with van der Waals surface area (Å²) in [7, 11) is -3.02. The Morgan fingerprint density at radius 3 is 2.73 bits per heavy atom. The zero-order chi connectivity index (χ0) is 18.7. The standard InChI is InChI=1S/C18H23N3O3S2/c1-3-21(15-9-10-26(23,24)12-15)17(22)13(2)25-18-19-11-16(20-18)14-7-5-4-6-8-14/h4-8,11,13,15H,3,9-10,12H2,1-2H3,(H,19,20). The maximum Gasteiger partial charge on any atom is 0.236 e. The average Bonchev–Trinajstić information content (AvgIpc) is 3.22. The third-order valence-corrected chi connectivity index (χ3v) is 7.28. The molecule has 26 heavy (non-hydrogen) atoms. The number of amides is 1.